The number of hydrogen-bond acceptors (Lipinski definition) is 7. The number of phenolic OH excluding ortho intramolecular Hbond substituents is 1. The second-order valence-electron chi connectivity index (χ2n) is 9.81. The third-order valence-corrected chi connectivity index (χ3v) is 5.92. The monoisotopic (exact) mass is 491 g/mol. The SMILES string of the molecule is Cn1nnc(-c2ccc3c(c2)CN(C(CCC(=O)OC(C)(C)C)C(N)=O)C3=O)c1-c1ccc(O)cc1. The van der Waals surface area contributed by atoms with E-state index in [1.54, 1.807) is 68.9 Å². The highest BCUT2D eigenvalue weighted by atomic mass is 16.6. The Morgan fingerprint density at radius 3 is 2.44 bits per heavy atom. The Morgan fingerprint density at radius 1 is 1.14 bits per heavy atom. The number of carbonyl (C=O) groups is 3. The van der Waals surface area contributed by atoms with Gasteiger partial charge in [-0.1, -0.05) is 11.3 Å². The van der Waals surface area contributed by atoms with Crippen molar-refractivity contribution in [2.45, 2.75) is 51.8 Å². The minimum Gasteiger partial charge on any atom is -0.508 e. The zero-order valence-corrected chi connectivity index (χ0v) is 20.7. The van der Waals surface area contributed by atoms with Crippen molar-refractivity contribution >= 4 is 17.8 Å². The van der Waals surface area contributed by atoms with Gasteiger partial charge in [0.05, 0.1) is 5.69 Å². The number of aromatic hydroxyl groups is 1. The zero-order valence-electron chi connectivity index (χ0n) is 20.7. The first kappa shape index (κ1) is 24.9. The molecule has 4 rings (SSSR count). The number of aromatic nitrogens is 3. The lowest BCUT2D eigenvalue weighted by atomic mass is 10.0. The Balaban J connectivity index is 1.58. The van der Waals surface area contributed by atoms with E-state index in [2.05, 4.69) is 10.3 Å². The molecule has 2 amide bonds. The molecular weight excluding hydrogens is 462 g/mol. The van der Waals surface area contributed by atoms with E-state index in [0.29, 0.717) is 11.3 Å². The molecule has 1 aromatic heterocycles. The molecule has 0 saturated carbocycles. The van der Waals surface area contributed by atoms with E-state index in [1.807, 2.05) is 6.07 Å². The van der Waals surface area contributed by atoms with Gasteiger partial charge in [-0.15, -0.1) is 5.10 Å². The zero-order chi connectivity index (χ0) is 26.2. The first-order valence-electron chi connectivity index (χ1n) is 11.6. The molecule has 3 aromatic rings. The Bertz CT molecular complexity index is 1320. The molecule has 1 atom stereocenters. The Labute approximate surface area is 208 Å². The molecule has 0 aliphatic carbocycles. The van der Waals surface area contributed by atoms with Gasteiger partial charge < -0.3 is 20.5 Å². The van der Waals surface area contributed by atoms with Crippen molar-refractivity contribution in [3.8, 4) is 28.3 Å². The molecule has 0 radical (unpaired) electrons. The second-order valence-corrected chi connectivity index (χ2v) is 9.81. The van der Waals surface area contributed by atoms with E-state index in [9.17, 15) is 19.5 Å². The topological polar surface area (TPSA) is 141 Å². The number of phenols is 1. The van der Waals surface area contributed by atoms with Crippen LogP contribution in [-0.4, -0.2) is 54.4 Å². The molecule has 1 unspecified atom stereocenters. The molecule has 36 heavy (non-hydrogen) atoms. The van der Waals surface area contributed by atoms with Crippen molar-refractivity contribution in [1.29, 1.82) is 0 Å². The minimum absolute atomic E-state index is 0.0359. The van der Waals surface area contributed by atoms with Gasteiger partial charge in [-0.3, -0.25) is 14.4 Å². The lowest BCUT2D eigenvalue weighted by Crippen LogP contribution is -2.45. The average Bonchev–Trinajstić information content (AvgIpc) is 3.33. The number of aryl methyl sites for hydroxylation is 1. The largest absolute Gasteiger partial charge is 0.508 e. The van der Waals surface area contributed by atoms with Gasteiger partial charge in [-0.2, -0.15) is 0 Å². The van der Waals surface area contributed by atoms with Crippen LogP contribution in [-0.2, 0) is 27.9 Å². The van der Waals surface area contributed by atoms with E-state index in [-0.39, 0.29) is 31.0 Å². The van der Waals surface area contributed by atoms with Gasteiger partial charge >= 0.3 is 5.97 Å². The predicted molar refractivity (Wildman–Crippen MR) is 131 cm³/mol. The number of ether oxygens (including phenoxy) is 1. The van der Waals surface area contributed by atoms with E-state index in [1.165, 1.54) is 4.90 Å². The molecule has 0 spiro atoms. The number of nitrogens with zero attached hydrogens (tertiary/aromatic N) is 4. The third kappa shape index (κ3) is 5.07. The van der Waals surface area contributed by atoms with Gasteiger partial charge in [0.15, 0.2) is 0 Å². The first-order chi connectivity index (χ1) is 16.9. The van der Waals surface area contributed by atoms with Crippen LogP contribution in [0.1, 0.15) is 49.5 Å². The molecule has 1 aliphatic rings. The fourth-order valence-electron chi connectivity index (χ4n) is 4.34. The summed E-state index contributed by atoms with van der Waals surface area (Å²) in [6.07, 6.45) is 0.0395. The molecule has 0 saturated heterocycles. The summed E-state index contributed by atoms with van der Waals surface area (Å²) in [5, 5.41) is 18.1. The average molecular weight is 492 g/mol. The number of rotatable bonds is 7. The van der Waals surface area contributed by atoms with Crippen LogP contribution in [0.5, 0.6) is 5.75 Å². The van der Waals surface area contributed by atoms with Gasteiger partial charge in [0.1, 0.15) is 23.1 Å². The highest BCUT2D eigenvalue weighted by molar-refractivity contribution is 6.01. The molecule has 0 bridgehead atoms. The van der Waals surface area contributed by atoms with Gasteiger partial charge in [-0.05, 0) is 69.2 Å². The van der Waals surface area contributed by atoms with Crippen molar-refractivity contribution in [1.82, 2.24) is 19.9 Å². The maximum Gasteiger partial charge on any atom is 0.306 e. The van der Waals surface area contributed by atoms with Crippen molar-refractivity contribution < 1.29 is 24.2 Å². The fourth-order valence-corrected chi connectivity index (χ4v) is 4.34. The summed E-state index contributed by atoms with van der Waals surface area (Å²) >= 11 is 0. The smallest absolute Gasteiger partial charge is 0.306 e. The third-order valence-electron chi connectivity index (χ3n) is 5.92. The molecule has 10 heteroatoms. The van der Waals surface area contributed by atoms with Crippen molar-refractivity contribution in [3.63, 3.8) is 0 Å². The number of benzene rings is 2. The molecular formula is C26H29N5O5. The van der Waals surface area contributed by atoms with Crippen molar-refractivity contribution in [2.24, 2.45) is 12.8 Å². The minimum atomic E-state index is -0.940. The molecule has 0 fully saturated rings. The number of esters is 1. The summed E-state index contributed by atoms with van der Waals surface area (Å²) in [6.45, 7) is 5.47. The van der Waals surface area contributed by atoms with Gasteiger partial charge in [0.2, 0.25) is 5.91 Å². The quantitative estimate of drug-likeness (QED) is 0.484. The van der Waals surface area contributed by atoms with Gasteiger partial charge in [0, 0.05) is 36.7 Å². The number of amides is 2. The standard InChI is InChI=1S/C26H29N5O5/c1-26(2,3)36-21(33)12-11-20(24(27)34)31-14-17-13-16(7-10-19(17)25(31)35)22-23(30(4)29-28-22)15-5-8-18(32)9-6-15/h5-10,13,20,32H,11-12,14H2,1-4H3,(H2,27,34). The number of hydrogen-bond donors (Lipinski definition) is 2. The Hall–Kier alpha value is -4.21. The highest BCUT2D eigenvalue weighted by Gasteiger charge is 2.36. The normalized spacial score (nSPS) is 14.0. The summed E-state index contributed by atoms with van der Waals surface area (Å²) in [5.41, 5.74) is 9.12. The van der Waals surface area contributed by atoms with Gasteiger partial charge in [-0.25, -0.2) is 4.68 Å². The maximum atomic E-state index is 13.1. The van der Waals surface area contributed by atoms with E-state index in [4.69, 9.17) is 10.5 Å². The molecule has 3 N–H and O–H groups in total. The molecule has 2 heterocycles. The fraction of sp³-hybridized carbons (Fsp3) is 0.346. The van der Waals surface area contributed by atoms with Crippen molar-refractivity contribution in [2.75, 3.05) is 0 Å². The summed E-state index contributed by atoms with van der Waals surface area (Å²) in [5.74, 6) is -1.29. The summed E-state index contributed by atoms with van der Waals surface area (Å²) in [7, 11) is 1.78. The van der Waals surface area contributed by atoms with Crippen LogP contribution in [0.2, 0.25) is 0 Å². The van der Waals surface area contributed by atoms with Crippen LogP contribution in [0.25, 0.3) is 22.5 Å². The summed E-state index contributed by atoms with van der Waals surface area (Å²) < 4.78 is 6.96. The van der Waals surface area contributed by atoms with Crippen LogP contribution in [0.3, 0.4) is 0 Å². The van der Waals surface area contributed by atoms with E-state index in [0.717, 1.165) is 22.4 Å². The predicted octanol–water partition coefficient (Wildman–Crippen LogP) is 2.79. The van der Waals surface area contributed by atoms with Crippen LogP contribution >= 0.6 is 0 Å². The highest BCUT2D eigenvalue weighted by Crippen LogP contribution is 2.34. The van der Waals surface area contributed by atoms with Crippen LogP contribution in [0.4, 0.5) is 0 Å². The number of carbonyl (C=O) groups excluding carboxylic acids is 3. The number of nitrogens with two attached hydrogens (primary N) is 1. The van der Waals surface area contributed by atoms with Crippen molar-refractivity contribution in [3.05, 3.63) is 53.6 Å². The second kappa shape index (κ2) is 9.44. The lowest BCUT2D eigenvalue weighted by Gasteiger charge is -2.25. The lowest BCUT2D eigenvalue weighted by molar-refractivity contribution is -0.155. The van der Waals surface area contributed by atoms with E-state index >= 15 is 0 Å². The molecule has 10 nitrogen and oxygen atoms in total. The number of fused-ring (bicyclic) bond motifs is 1. The molecule has 188 valence electrons. The van der Waals surface area contributed by atoms with Crippen LogP contribution < -0.4 is 5.73 Å². The summed E-state index contributed by atoms with van der Waals surface area (Å²) in [4.78, 5) is 38.9. The molecule has 1 aliphatic heterocycles. The number of primary amides is 1. The Morgan fingerprint density at radius 2 is 1.81 bits per heavy atom. The van der Waals surface area contributed by atoms with Gasteiger partial charge in [0.25, 0.3) is 5.91 Å². The van der Waals surface area contributed by atoms with E-state index < -0.39 is 23.5 Å². The maximum absolute atomic E-state index is 13.1. The summed E-state index contributed by atoms with van der Waals surface area (Å²) in [6, 6.07) is 11.1. The first-order valence-corrected chi connectivity index (χ1v) is 11.6. The Kier molecular flexibility index (Phi) is 6.53. The van der Waals surface area contributed by atoms with Crippen LogP contribution in [0, 0.1) is 0 Å². The molecule has 2 aromatic carbocycles. The van der Waals surface area contributed by atoms with Crippen LogP contribution in [0.15, 0.2) is 42.5 Å².